The van der Waals surface area contributed by atoms with Crippen molar-refractivity contribution < 1.29 is 14.1 Å². The summed E-state index contributed by atoms with van der Waals surface area (Å²) in [5.74, 6) is 0.751. The maximum Gasteiger partial charge on any atom is 0.322 e. The highest BCUT2D eigenvalue weighted by molar-refractivity contribution is 8.47. The number of rotatable bonds is 22. The second kappa shape index (κ2) is 20.7. The largest absolute Gasteiger partial charge is 0.458 e. The number of aromatic nitrogens is 3. The van der Waals surface area contributed by atoms with Crippen LogP contribution in [0.4, 0.5) is 0 Å². The number of carbonyl (C=O) groups excluding carboxylic acids is 1. The molecule has 1 aromatic rings. The molecule has 0 unspecified atom stereocenters. The average Bonchev–Trinajstić information content (AvgIpc) is 3.55. The maximum atomic E-state index is 12.8. The summed E-state index contributed by atoms with van der Waals surface area (Å²) in [6, 6.07) is 0. The SMILES string of the molecule is CCCCCCCCCCCCSC(=S)SC(C)(C)C(=O)OCc1cn(CCCCCCN2C=[N+](C)CC2)nn1. The zero-order valence-electron chi connectivity index (χ0n) is 25.6. The minimum absolute atomic E-state index is 0.141. The van der Waals surface area contributed by atoms with Crippen LogP contribution in [0.3, 0.4) is 0 Å². The van der Waals surface area contributed by atoms with E-state index in [1.807, 2.05) is 24.7 Å². The van der Waals surface area contributed by atoms with Crippen LogP contribution in [0, 0.1) is 0 Å². The summed E-state index contributed by atoms with van der Waals surface area (Å²) in [5.41, 5.74) is 0.681. The number of nitrogens with zero attached hydrogens (tertiary/aromatic N) is 5. The van der Waals surface area contributed by atoms with Crippen LogP contribution in [0.25, 0.3) is 0 Å². The Morgan fingerprint density at radius 3 is 2.27 bits per heavy atom. The Balaban J connectivity index is 1.50. The van der Waals surface area contributed by atoms with Crippen LogP contribution in [0.2, 0.25) is 0 Å². The lowest BCUT2D eigenvalue weighted by Crippen LogP contribution is -2.31. The molecule has 40 heavy (non-hydrogen) atoms. The molecule has 1 aliphatic heterocycles. The van der Waals surface area contributed by atoms with E-state index in [4.69, 9.17) is 17.0 Å². The van der Waals surface area contributed by atoms with Gasteiger partial charge in [0, 0.05) is 6.54 Å². The third-order valence-corrected chi connectivity index (χ3v) is 9.95. The van der Waals surface area contributed by atoms with Crippen LogP contribution in [0.5, 0.6) is 0 Å². The van der Waals surface area contributed by atoms with Crippen LogP contribution in [-0.4, -0.2) is 77.5 Å². The molecule has 0 bridgehead atoms. The van der Waals surface area contributed by atoms with Gasteiger partial charge >= 0.3 is 5.97 Å². The predicted molar refractivity (Wildman–Crippen MR) is 176 cm³/mol. The molecule has 0 radical (unpaired) electrons. The molecular weight excluding hydrogens is 559 g/mol. The lowest BCUT2D eigenvalue weighted by atomic mass is 10.1. The van der Waals surface area contributed by atoms with Gasteiger partial charge < -0.3 is 4.74 Å². The first-order chi connectivity index (χ1) is 19.3. The molecule has 0 N–H and O–H groups in total. The molecule has 2 heterocycles. The number of thioether (sulfide) groups is 2. The van der Waals surface area contributed by atoms with Crippen LogP contribution >= 0.6 is 35.7 Å². The predicted octanol–water partition coefficient (Wildman–Crippen LogP) is 7.32. The van der Waals surface area contributed by atoms with Gasteiger partial charge in [0.05, 0.1) is 19.8 Å². The first-order valence-electron chi connectivity index (χ1n) is 15.5. The number of hydrogen-bond donors (Lipinski definition) is 0. The van der Waals surface area contributed by atoms with Gasteiger partial charge in [-0.15, -0.1) is 16.9 Å². The third-order valence-electron chi connectivity index (χ3n) is 7.17. The number of carbonyl (C=O) groups is 1. The summed E-state index contributed by atoms with van der Waals surface area (Å²) in [5, 5.41) is 8.38. The monoisotopic (exact) mass is 612 g/mol. The van der Waals surface area contributed by atoms with E-state index >= 15 is 0 Å². The molecule has 228 valence electrons. The second-order valence-corrected chi connectivity index (χ2v) is 15.4. The van der Waals surface area contributed by atoms with Gasteiger partial charge in [-0.3, -0.25) is 19.0 Å². The first kappa shape index (κ1) is 35.1. The molecule has 0 aliphatic carbocycles. The van der Waals surface area contributed by atoms with Crippen molar-refractivity contribution in [3.8, 4) is 0 Å². The van der Waals surface area contributed by atoms with Gasteiger partial charge in [-0.2, -0.15) is 0 Å². The molecule has 7 nitrogen and oxygen atoms in total. The van der Waals surface area contributed by atoms with Crippen molar-refractivity contribution in [3.63, 3.8) is 0 Å². The van der Waals surface area contributed by atoms with E-state index in [0.717, 1.165) is 41.9 Å². The maximum absolute atomic E-state index is 12.8. The molecule has 0 aromatic carbocycles. The standard InChI is InChI=1S/C30H54N5O2S3/c1-5-6-7-8-9-10-11-12-15-18-23-39-29(38)40-30(2,3)28(36)37-25-27-24-35(32-31-27)20-17-14-13-16-19-34-22-21-33(4)26-34/h24,26H,5-23,25H2,1-4H3/q+1. The fraction of sp³-hybridized carbons (Fsp3) is 0.833. The van der Waals surface area contributed by atoms with Crippen molar-refractivity contribution in [2.75, 3.05) is 32.4 Å². The Bertz CT molecular complexity index is 890. The Labute approximate surface area is 257 Å². The topological polar surface area (TPSA) is 63.3 Å². The average molecular weight is 613 g/mol. The quantitative estimate of drug-likeness (QED) is 0.0584. The van der Waals surface area contributed by atoms with E-state index in [2.05, 4.69) is 40.1 Å². The van der Waals surface area contributed by atoms with Gasteiger partial charge in [-0.25, -0.2) is 0 Å². The van der Waals surface area contributed by atoms with E-state index in [1.54, 1.807) is 11.8 Å². The highest BCUT2D eigenvalue weighted by Gasteiger charge is 2.32. The Morgan fingerprint density at radius 1 is 1.00 bits per heavy atom. The number of thiocarbonyl (C=S) groups is 1. The van der Waals surface area contributed by atoms with E-state index < -0.39 is 4.75 Å². The van der Waals surface area contributed by atoms with E-state index in [-0.39, 0.29) is 12.6 Å². The molecule has 1 aliphatic rings. The van der Waals surface area contributed by atoms with Gasteiger partial charge in [0.15, 0.2) is 0 Å². The first-order valence-corrected chi connectivity index (χ1v) is 17.7. The summed E-state index contributed by atoms with van der Waals surface area (Å²) < 4.78 is 9.77. The molecule has 0 fully saturated rings. The number of aryl methyl sites for hydroxylation is 1. The molecule has 0 saturated heterocycles. The van der Waals surface area contributed by atoms with Crippen LogP contribution in [0.15, 0.2) is 6.20 Å². The molecule has 10 heteroatoms. The summed E-state index contributed by atoms with van der Waals surface area (Å²) in [6.07, 6.45) is 22.1. The minimum atomic E-state index is -0.722. The Morgan fingerprint density at radius 2 is 1.62 bits per heavy atom. The van der Waals surface area contributed by atoms with Crippen molar-refractivity contribution in [1.29, 1.82) is 0 Å². The van der Waals surface area contributed by atoms with E-state index in [9.17, 15) is 4.79 Å². The summed E-state index contributed by atoms with van der Waals surface area (Å²) in [6.45, 7) is 10.4. The number of hydrogen-bond acceptors (Lipinski definition) is 8. The lowest BCUT2D eigenvalue weighted by molar-refractivity contribution is -0.482. The Hall–Kier alpha value is -1.13. The van der Waals surface area contributed by atoms with Crippen molar-refractivity contribution >= 4 is 51.6 Å². The third kappa shape index (κ3) is 15.8. The van der Waals surface area contributed by atoms with Crippen LogP contribution in [-0.2, 0) is 22.7 Å². The highest BCUT2D eigenvalue weighted by atomic mass is 32.2. The van der Waals surface area contributed by atoms with Crippen LogP contribution in [0.1, 0.15) is 116 Å². The number of ether oxygens (including phenoxy) is 1. The van der Waals surface area contributed by atoms with E-state index in [0.29, 0.717) is 5.69 Å². The molecule has 0 amide bonds. The molecule has 0 atom stereocenters. The van der Waals surface area contributed by atoms with Crippen molar-refractivity contribution in [1.82, 2.24) is 19.9 Å². The fourth-order valence-electron chi connectivity index (χ4n) is 4.64. The molecule has 2 rings (SSSR count). The van der Waals surface area contributed by atoms with E-state index in [1.165, 1.54) is 95.2 Å². The summed E-state index contributed by atoms with van der Waals surface area (Å²) in [4.78, 5) is 15.1. The normalized spacial score (nSPS) is 13.6. The summed E-state index contributed by atoms with van der Waals surface area (Å²) >= 11 is 8.68. The lowest BCUT2D eigenvalue weighted by Gasteiger charge is -2.21. The van der Waals surface area contributed by atoms with Crippen molar-refractivity contribution in [2.45, 2.75) is 129 Å². The zero-order valence-corrected chi connectivity index (χ0v) is 28.0. The van der Waals surface area contributed by atoms with Gasteiger partial charge in [0.1, 0.15) is 33.7 Å². The number of esters is 1. The smallest absolute Gasteiger partial charge is 0.322 e. The van der Waals surface area contributed by atoms with Crippen LogP contribution < -0.4 is 0 Å². The number of unbranched alkanes of at least 4 members (excludes halogenated alkanes) is 12. The van der Waals surface area contributed by atoms with Gasteiger partial charge in [0.25, 0.3) is 0 Å². The van der Waals surface area contributed by atoms with Gasteiger partial charge in [0.2, 0.25) is 6.34 Å². The fourth-order valence-corrected chi connectivity index (χ4v) is 7.70. The highest BCUT2D eigenvalue weighted by Crippen LogP contribution is 2.32. The Kier molecular flexibility index (Phi) is 18.1. The second-order valence-electron chi connectivity index (χ2n) is 11.5. The summed E-state index contributed by atoms with van der Waals surface area (Å²) in [7, 11) is 2.13. The zero-order chi connectivity index (χ0) is 29.1. The van der Waals surface area contributed by atoms with Crippen molar-refractivity contribution in [3.05, 3.63) is 11.9 Å². The molecule has 0 spiro atoms. The minimum Gasteiger partial charge on any atom is -0.458 e. The van der Waals surface area contributed by atoms with Gasteiger partial charge in [-0.1, -0.05) is 100 Å². The van der Waals surface area contributed by atoms with Crippen molar-refractivity contribution in [2.24, 2.45) is 0 Å². The molecular formula is C30H54N5O2S3+. The number of likely N-dealkylation sites (N-methyl/N-ethyl adjacent to an activating group) is 1. The molecule has 1 aromatic heterocycles. The molecule has 0 saturated carbocycles. The van der Waals surface area contributed by atoms with Gasteiger partial charge in [-0.05, 0) is 45.3 Å².